The van der Waals surface area contributed by atoms with Crippen molar-refractivity contribution in [2.75, 3.05) is 6.61 Å². The molecule has 0 bridgehead atoms. The third-order valence-electron chi connectivity index (χ3n) is 3.35. The van der Waals surface area contributed by atoms with Crippen LogP contribution in [0.15, 0.2) is 24.3 Å². The van der Waals surface area contributed by atoms with Gasteiger partial charge >= 0.3 is 0 Å². The van der Waals surface area contributed by atoms with Crippen LogP contribution in [0.3, 0.4) is 0 Å². The van der Waals surface area contributed by atoms with E-state index in [9.17, 15) is 4.79 Å². The second-order valence-corrected chi connectivity index (χ2v) is 5.51. The zero-order valence-electron chi connectivity index (χ0n) is 12.4. The fraction of sp³-hybridized carbons (Fsp3) is 0.562. The molecule has 1 fully saturated rings. The van der Waals surface area contributed by atoms with Crippen molar-refractivity contribution in [3.05, 3.63) is 29.8 Å². The summed E-state index contributed by atoms with van der Waals surface area (Å²) in [5, 5.41) is 3.00. The maximum Gasteiger partial charge on any atom is 0.251 e. The molecule has 0 saturated carbocycles. The van der Waals surface area contributed by atoms with Crippen LogP contribution < -0.4 is 10.1 Å². The van der Waals surface area contributed by atoms with Crippen LogP contribution in [0.25, 0.3) is 0 Å². The molecule has 1 N–H and O–H groups in total. The monoisotopic (exact) mass is 277 g/mol. The molecule has 1 aliphatic rings. The van der Waals surface area contributed by atoms with Gasteiger partial charge in [-0.15, -0.1) is 0 Å². The van der Waals surface area contributed by atoms with Crippen molar-refractivity contribution in [3.8, 4) is 5.75 Å². The van der Waals surface area contributed by atoms with Gasteiger partial charge in [-0.3, -0.25) is 4.79 Å². The number of hydrogen-bond donors (Lipinski definition) is 1. The maximum atomic E-state index is 12.2. The minimum Gasteiger partial charge on any atom is -0.491 e. The Balaban J connectivity index is 1.97. The highest BCUT2D eigenvalue weighted by Crippen LogP contribution is 2.17. The van der Waals surface area contributed by atoms with E-state index in [0.717, 1.165) is 25.2 Å². The van der Waals surface area contributed by atoms with Crippen LogP contribution in [0.2, 0.25) is 0 Å². The maximum absolute atomic E-state index is 12.2. The van der Waals surface area contributed by atoms with Crippen LogP contribution in [-0.4, -0.2) is 30.8 Å². The Morgan fingerprint density at radius 2 is 2.20 bits per heavy atom. The Hall–Kier alpha value is -1.55. The van der Waals surface area contributed by atoms with E-state index in [-0.39, 0.29) is 24.2 Å². The summed E-state index contributed by atoms with van der Waals surface area (Å²) in [5.41, 5.74) is 0.619. The van der Waals surface area contributed by atoms with Crippen LogP contribution in [0.5, 0.6) is 5.75 Å². The quantitative estimate of drug-likeness (QED) is 0.900. The highest BCUT2D eigenvalue weighted by Gasteiger charge is 2.24. The summed E-state index contributed by atoms with van der Waals surface area (Å²) >= 11 is 0. The summed E-state index contributed by atoms with van der Waals surface area (Å²) in [6, 6.07) is 7.30. The molecular weight excluding hydrogens is 254 g/mol. The summed E-state index contributed by atoms with van der Waals surface area (Å²) in [7, 11) is 0. The fourth-order valence-electron chi connectivity index (χ4n) is 2.36. The second-order valence-electron chi connectivity index (χ2n) is 5.51. The van der Waals surface area contributed by atoms with E-state index in [1.807, 2.05) is 32.9 Å². The first kappa shape index (κ1) is 14.9. The first-order valence-corrected chi connectivity index (χ1v) is 7.25. The molecule has 1 saturated heterocycles. The molecular formula is C16H23NO3. The van der Waals surface area contributed by atoms with Crippen LogP contribution in [0.4, 0.5) is 0 Å². The highest BCUT2D eigenvalue weighted by atomic mass is 16.5. The average molecular weight is 277 g/mol. The van der Waals surface area contributed by atoms with Crippen molar-refractivity contribution < 1.29 is 14.3 Å². The van der Waals surface area contributed by atoms with Gasteiger partial charge in [0.25, 0.3) is 5.91 Å². The lowest BCUT2D eigenvalue weighted by atomic mass is 10.1. The van der Waals surface area contributed by atoms with Gasteiger partial charge in [-0.1, -0.05) is 6.07 Å². The number of benzene rings is 1. The number of nitrogens with one attached hydrogen (secondary N) is 1. The predicted molar refractivity (Wildman–Crippen MR) is 78.1 cm³/mol. The molecule has 2 rings (SSSR count). The minimum atomic E-state index is -0.0813. The van der Waals surface area contributed by atoms with Crippen molar-refractivity contribution in [2.24, 2.45) is 0 Å². The number of ether oxygens (including phenoxy) is 2. The fourth-order valence-corrected chi connectivity index (χ4v) is 2.36. The average Bonchev–Trinajstić information content (AvgIpc) is 2.92. The summed E-state index contributed by atoms with van der Waals surface area (Å²) in [4.78, 5) is 12.2. The van der Waals surface area contributed by atoms with Crippen LogP contribution in [0.1, 0.15) is 44.0 Å². The summed E-state index contributed by atoms with van der Waals surface area (Å²) in [6.45, 7) is 6.71. The molecule has 0 radical (unpaired) electrons. The third kappa shape index (κ3) is 3.97. The Kier molecular flexibility index (Phi) is 5.01. The van der Waals surface area contributed by atoms with Crippen LogP contribution in [0, 0.1) is 0 Å². The number of hydrogen-bond acceptors (Lipinski definition) is 3. The molecule has 110 valence electrons. The number of carbonyl (C=O) groups is 1. The molecule has 2 atom stereocenters. The molecule has 1 aliphatic heterocycles. The molecule has 1 amide bonds. The molecule has 4 nitrogen and oxygen atoms in total. The van der Waals surface area contributed by atoms with Crippen LogP contribution in [-0.2, 0) is 4.74 Å². The highest BCUT2D eigenvalue weighted by molar-refractivity contribution is 5.94. The van der Waals surface area contributed by atoms with E-state index in [1.165, 1.54) is 0 Å². The Labute approximate surface area is 120 Å². The van der Waals surface area contributed by atoms with Gasteiger partial charge in [0.15, 0.2) is 0 Å². The number of amides is 1. The molecule has 1 aromatic rings. The standard InChI is InChI=1S/C16H23NO3/c1-11(2)20-14-7-4-6-13(10-14)16(18)17-12(3)15-8-5-9-19-15/h4,6-7,10-12,15H,5,8-9H2,1-3H3,(H,17,18). The molecule has 0 aliphatic carbocycles. The summed E-state index contributed by atoms with van der Waals surface area (Å²) in [6.07, 6.45) is 2.31. The summed E-state index contributed by atoms with van der Waals surface area (Å²) < 4.78 is 11.2. The van der Waals surface area contributed by atoms with Gasteiger partial charge in [-0.05, 0) is 51.8 Å². The molecule has 20 heavy (non-hydrogen) atoms. The van der Waals surface area contributed by atoms with E-state index in [0.29, 0.717) is 5.56 Å². The van der Waals surface area contributed by atoms with Crippen LogP contribution >= 0.6 is 0 Å². The number of carbonyl (C=O) groups excluding carboxylic acids is 1. The first-order chi connectivity index (χ1) is 9.56. The van der Waals surface area contributed by atoms with Crippen molar-refractivity contribution in [3.63, 3.8) is 0 Å². The predicted octanol–water partition coefficient (Wildman–Crippen LogP) is 2.77. The molecule has 0 aromatic heterocycles. The van der Waals surface area contributed by atoms with Gasteiger partial charge in [0.1, 0.15) is 5.75 Å². The molecule has 1 aromatic carbocycles. The zero-order chi connectivity index (χ0) is 14.5. The Bertz CT molecular complexity index is 453. The summed E-state index contributed by atoms with van der Waals surface area (Å²) in [5.74, 6) is 0.639. The van der Waals surface area contributed by atoms with Crippen molar-refractivity contribution in [1.29, 1.82) is 0 Å². The van der Waals surface area contributed by atoms with E-state index < -0.39 is 0 Å². The lowest BCUT2D eigenvalue weighted by Gasteiger charge is -2.20. The van der Waals surface area contributed by atoms with Gasteiger partial charge in [0.2, 0.25) is 0 Å². The largest absolute Gasteiger partial charge is 0.491 e. The third-order valence-corrected chi connectivity index (χ3v) is 3.35. The van der Waals surface area contributed by atoms with Gasteiger partial charge < -0.3 is 14.8 Å². The van der Waals surface area contributed by atoms with Gasteiger partial charge in [0, 0.05) is 12.2 Å². The van der Waals surface area contributed by atoms with E-state index in [1.54, 1.807) is 12.1 Å². The van der Waals surface area contributed by atoms with E-state index >= 15 is 0 Å². The topological polar surface area (TPSA) is 47.6 Å². The lowest BCUT2D eigenvalue weighted by molar-refractivity contribution is 0.0712. The molecule has 4 heteroatoms. The van der Waals surface area contributed by atoms with Gasteiger partial charge in [-0.2, -0.15) is 0 Å². The van der Waals surface area contributed by atoms with Gasteiger partial charge in [-0.25, -0.2) is 0 Å². The van der Waals surface area contributed by atoms with Crippen molar-refractivity contribution >= 4 is 5.91 Å². The molecule has 0 spiro atoms. The molecule has 1 heterocycles. The van der Waals surface area contributed by atoms with E-state index in [4.69, 9.17) is 9.47 Å². The van der Waals surface area contributed by atoms with Crippen molar-refractivity contribution in [2.45, 2.75) is 51.9 Å². The van der Waals surface area contributed by atoms with E-state index in [2.05, 4.69) is 5.32 Å². The Morgan fingerprint density at radius 3 is 2.85 bits per heavy atom. The Morgan fingerprint density at radius 1 is 1.40 bits per heavy atom. The first-order valence-electron chi connectivity index (χ1n) is 7.25. The minimum absolute atomic E-state index is 0.0275. The normalized spacial score (nSPS) is 19.9. The zero-order valence-corrected chi connectivity index (χ0v) is 12.4. The lowest BCUT2D eigenvalue weighted by Crippen LogP contribution is -2.40. The van der Waals surface area contributed by atoms with Gasteiger partial charge in [0.05, 0.1) is 18.2 Å². The number of rotatable bonds is 5. The second kappa shape index (κ2) is 6.75. The molecule has 2 unspecified atom stereocenters. The van der Waals surface area contributed by atoms with Crippen molar-refractivity contribution in [1.82, 2.24) is 5.32 Å². The SMILES string of the molecule is CC(C)Oc1cccc(C(=O)NC(C)C2CCCO2)c1. The smallest absolute Gasteiger partial charge is 0.251 e.